The lowest BCUT2D eigenvalue weighted by molar-refractivity contribution is -0.0104. The molecule has 0 aliphatic heterocycles. The predicted molar refractivity (Wildman–Crippen MR) is 112 cm³/mol. The highest BCUT2D eigenvalue weighted by atomic mass is 16.3. The van der Waals surface area contributed by atoms with Crippen molar-refractivity contribution in [2.45, 2.75) is 85.0 Å². The zero-order valence-corrected chi connectivity index (χ0v) is 17.9. The van der Waals surface area contributed by atoms with Gasteiger partial charge in [0.25, 0.3) is 0 Å². The highest BCUT2D eigenvalue weighted by molar-refractivity contribution is 5.48. The molecule has 0 radical (unpaired) electrons. The van der Waals surface area contributed by atoms with Crippen LogP contribution in [0.25, 0.3) is 0 Å². The van der Waals surface area contributed by atoms with Gasteiger partial charge in [-0.15, -0.1) is 0 Å². The molecule has 4 fully saturated rings. The van der Waals surface area contributed by atoms with E-state index in [1.807, 2.05) is 0 Å². The van der Waals surface area contributed by atoms with Gasteiger partial charge in [0.1, 0.15) is 0 Å². The first-order valence-electron chi connectivity index (χ1n) is 11.9. The molecule has 0 aromatic carbocycles. The Morgan fingerprint density at radius 2 is 1.74 bits per heavy atom. The van der Waals surface area contributed by atoms with Gasteiger partial charge in [0.05, 0.1) is 0 Å². The number of aliphatic hydroxyl groups is 1. The van der Waals surface area contributed by atoms with Crippen LogP contribution in [0.2, 0.25) is 0 Å². The molecule has 1 N–H and O–H groups in total. The van der Waals surface area contributed by atoms with E-state index in [1.54, 1.807) is 5.57 Å². The Labute approximate surface area is 166 Å². The summed E-state index contributed by atoms with van der Waals surface area (Å²) in [7, 11) is 0. The van der Waals surface area contributed by atoms with Gasteiger partial charge in [-0.1, -0.05) is 83.1 Å². The summed E-state index contributed by atoms with van der Waals surface area (Å²) in [6.45, 7) is 12.6. The van der Waals surface area contributed by atoms with Crippen LogP contribution < -0.4 is 0 Å². The molecular weight excluding hydrogens is 328 g/mol. The second kappa shape index (κ2) is 5.97. The van der Waals surface area contributed by atoms with Crippen LogP contribution in [-0.2, 0) is 0 Å². The van der Waals surface area contributed by atoms with Gasteiger partial charge in [-0.3, -0.25) is 0 Å². The van der Waals surface area contributed by atoms with Crippen molar-refractivity contribution in [3.63, 3.8) is 0 Å². The fourth-order valence-corrected chi connectivity index (χ4v) is 9.36. The molecule has 0 saturated heterocycles. The van der Waals surface area contributed by atoms with Gasteiger partial charge in [-0.2, -0.15) is 0 Å². The number of allylic oxidation sites excluding steroid dienone is 3. The summed E-state index contributed by atoms with van der Waals surface area (Å²) in [5, 5.41) is 10.3. The van der Waals surface area contributed by atoms with Crippen LogP contribution in [0.3, 0.4) is 0 Å². The molecule has 1 nitrogen and oxygen atoms in total. The topological polar surface area (TPSA) is 20.2 Å². The van der Waals surface area contributed by atoms with Crippen molar-refractivity contribution in [3.8, 4) is 0 Å². The third kappa shape index (κ3) is 2.27. The molecule has 4 saturated carbocycles. The number of fused-ring (bicyclic) bond motifs is 4. The van der Waals surface area contributed by atoms with Crippen molar-refractivity contribution in [3.05, 3.63) is 23.8 Å². The summed E-state index contributed by atoms with van der Waals surface area (Å²) < 4.78 is 0. The molecule has 1 spiro atoms. The number of rotatable bonds is 2. The standard InChI is InChI=1S/C26H40O/c1-17-15-21-25(4,23-22(17)24(23,2)3)20(18-9-6-5-7-10-18)12-14-26(21)13-8-11-19(26)16-27/h15,18-20,22-23,27H,1,5-14,16H2,2-4H3/t19-,20-,22-,23+,25-,26-/m1/s1. The first kappa shape index (κ1) is 18.5. The maximum Gasteiger partial charge on any atom is 0.0467 e. The van der Waals surface area contributed by atoms with Gasteiger partial charge in [0, 0.05) is 6.61 Å². The molecule has 0 amide bonds. The Balaban J connectivity index is 1.62. The molecule has 5 rings (SSSR count). The third-order valence-corrected chi connectivity index (χ3v) is 10.4. The SMILES string of the molecule is C=C1C=C2[C@]3(CCC[C@@H]3CO)CC[C@H](C3CCCCC3)[C@@]2(C)[C@H]2[C@@H]1C2(C)C. The van der Waals surface area contributed by atoms with E-state index in [0.29, 0.717) is 29.3 Å². The summed E-state index contributed by atoms with van der Waals surface area (Å²) in [5.41, 5.74) is 4.19. The van der Waals surface area contributed by atoms with E-state index < -0.39 is 0 Å². The van der Waals surface area contributed by atoms with E-state index in [1.165, 1.54) is 69.8 Å². The molecule has 0 unspecified atom stereocenters. The highest BCUT2D eigenvalue weighted by Gasteiger charge is 2.73. The highest BCUT2D eigenvalue weighted by Crippen LogP contribution is 2.79. The minimum absolute atomic E-state index is 0.279. The second-order valence-corrected chi connectivity index (χ2v) is 11.7. The van der Waals surface area contributed by atoms with Crippen molar-refractivity contribution >= 4 is 0 Å². The van der Waals surface area contributed by atoms with Crippen LogP contribution in [0.5, 0.6) is 0 Å². The lowest BCUT2D eigenvalue weighted by atomic mass is 9.46. The maximum absolute atomic E-state index is 10.3. The van der Waals surface area contributed by atoms with Crippen molar-refractivity contribution < 1.29 is 5.11 Å². The normalized spacial score (nSPS) is 48.9. The van der Waals surface area contributed by atoms with Gasteiger partial charge < -0.3 is 5.11 Å². The lowest BCUT2D eigenvalue weighted by Crippen LogP contribution is -2.51. The molecule has 5 aliphatic rings. The Morgan fingerprint density at radius 1 is 1.00 bits per heavy atom. The lowest BCUT2D eigenvalue weighted by Gasteiger charge is -2.58. The largest absolute Gasteiger partial charge is 0.396 e. The van der Waals surface area contributed by atoms with Crippen molar-refractivity contribution in [2.24, 2.45) is 45.8 Å². The average molecular weight is 369 g/mol. The number of aliphatic hydroxyl groups excluding tert-OH is 1. The third-order valence-electron chi connectivity index (χ3n) is 10.4. The van der Waals surface area contributed by atoms with Crippen molar-refractivity contribution in [1.29, 1.82) is 0 Å². The number of hydrogen-bond acceptors (Lipinski definition) is 1. The molecule has 0 bridgehead atoms. The van der Waals surface area contributed by atoms with Gasteiger partial charge in [0.2, 0.25) is 0 Å². The fourth-order valence-electron chi connectivity index (χ4n) is 9.36. The smallest absolute Gasteiger partial charge is 0.0467 e. The molecule has 1 heteroatoms. The Kier molecular flexibility index (Phi) is 4.09. The summed E-state index contributed by atoms with van der Waals surface area (Å²) in [4.78, 5) is 0. The van der Waals surface area contributed by atoms with E-state index in [2.05, 4.69) is 33.4 Å². The summed E-state index contributed by atoms with van der Waals surface area (Å²) in [5.74, 6) is 3.75. The number of hydrogen-bond donors (Lipinski definition) is 1. The Hall–Kier alpha value is -0.560. The van der Waals surface area contributed by atoms with Crippen LogP contribution >= 0.6 is 0 Å². The molecule has 27 heavy (non-hydrogen) atoms. The van der Waals surface area contributed by atoms with E-state index in [9.17, 15) is 5.11 Å². The molecule has 150 valence electrons. The van der Waals surface area contributed by atoms with E-state index in [4.69, 9.17) is 0 Å². The molecule has 6 atom stereocenters. The quantitative estimate of drug-likeness (QED) is 0.587. The minimum atomic E-state index is 0.279. The van der Waals surface area contributed by atoms with E-state index in [0.717, 1.165) is 17.8 Å². The van der Waals surface area contributed by atoms with Crippen LogP contribution in [0.4, 0.5) is 0 Å². The van der Waals surface area contributed by atoms with E-state index >= 15 is 0 Å². The molecule has 0 heterocycles. The summed E-state index contributed by atoms with van der Waals surface area (Å²) in [6, 6.07) is 0. The summed E-state index contributed by atoms with van der Waals surface area (Å²) in [6.07, 6.45) is 16.4. The van der Waals surface area contributed by atoms with Crippen LogP contribution in [0, 0.1) is 45.8 Å². The first-order valence-corrected chi connectivity index (χ1v) is 11.9. The Bertz CT molecular complexity index is 666. The van der Waals surface area contributed by atoms with Gasteiger partial charge in [0.15, 0.2) is 0 Å². The molecule has 5 aliphatic carbocycles. The average Bonchev–Trinajstić information content (AvgIpc) is 3.05. The van der Waals surface area contributed by atoms with Gasteiger partial charge >= 0.3 is 0 Å². The van der Waals surface area contributed by atoms with Gasteiger partial charge in [-0.05, 0) is 71.5 Å². The molecular formula is C26H40O. The van der Waals surface area contributed by atoms with Crippen molar-refractivity contribution in [1.82, 2.24) is 0 Å². The predicted octanol–water partition coefficient (Wildman–Crippen LogP) is 6.53. The van der Waals surface area contributed by atoms with Gasteiger partial charge in [-0.25, -0.2) is 0 Å². The molecule has 0 aromatic heterocycles. The summed E-state index contributed by atoms with van der Waals surface area (Å²) >= 11 is 0. The van der Waals surface area contributed by atoms with Crippen LogP contribution in [0.1, 0.15) is 85.0 Å². The second-order valence-electron chi connectivity index (χ2n) is 11.7. The van der Waals surface area contributed by atoms with Crippen LogP contribution in [0.15, 0.2) is 23.8 Å². The monoisotopic (exact) mass is 368 g/mol. The Morgan fingerprint density at radius 3 is 2.44 bits per heavy atom. The molecule has 0 aromatic rings. The van der Waals surface area contributed by atoms with Crippen molar-refractivity contribution in [2.75, 3.05) is 6.61 Å². The fraction of sp³-hybridized carbons (Fsp3) is 0.846. The van der Waals surface area contributed by atoms with E-state index in [-0.39, 0.29) is 5.41 Å². The zero-order chi connectivity index (χ0) is 19.0. The van der Waals surface area contributed by atoms with Crippen LogP contribution in [-0.4, -0.2) is 11.7 Å². The minimum Gasteiger partial charge on any atom is -0.396 e. The first-order chi connectivity index (χ1) is 12.9. The maximum atomic E-state index is 10.3. The zero-order valence-electron chi connectivity index (χ0n) is 17.9.